The van der Waals surface area contributed by atoms with Gasteiger partial charge in [-0.3, -0.25) is 9.59 Å². The highest BCUT2D eigenvalue weighted by Gasteiger charge is 2.09. The highest BCUT2D eigenvalue weighted by molar-refractivity contribution is 14.1. The van der Waals surface area contributed by atoms with Crippen LogP contribution in [0.4, 0.5) is 5.69 Å². The lowest BCUT2D eigenvalue weighted by Gasteiger charge is -2.07. The number of rotatable bonds is 7. The number of hydrazone groups is 1. The van der Waals surface area contributed by atoms with Crippen molar-refractivity contribution in [1.29, 1.82) is 0 Å². The van der Waals surface area contributed by atoms with Crippen LogP contribution in [-0.4, -0.2) is 30.2 Å². The predicted molar refractivity (Wildman–Crippen MR) is 117 cm³/mol. The van der Waals surface area contributed by atoms with Gasteiger partial charge >= 0.3 is 0 Å². The van der Waals surface area contributed by atoms with Crippen LogP contribution in [-0.2, 0) is 9.59 Å². The second-order valence-electron chi connectivity index (χ2n) is 5.86. The number of anilines is 1. The van der Waals surface area contributed by atoms with Gasteiger partial charge in [-0.2, -0.15) is 5.10 Å². The second kappa shape index (κ2) is 10.3. The topological polar surface area (TPSA) is 100 Å². The molecule has 0 radical (unpaired) electrons. The largest absolute Gasteiger partial charge is 0.504 e. The van der Waals surface area contributed by atoms with Gasteiger partial charge in [0.05, 0.1) is 16.9 Å². The van der Waals surface area contributed by atoms with Gasteiger partial charge < -0.3 is 15.2 Å². The van der Waals surface area contributed by atoms with Gasteiger partial charge in [-0.25, -0.2) is 5.43 Å². The molecule has 0 aliphatic carbocycles. The summed E-state index contributed by atoms with van der Waals surface area (Å²) in [6.07, 6.45) is 1.42. The zero-order valence-electron chi connectivity index (χ0n) is 15.3. The number of halogens is 2. The Labute approximate surface area is 181 Å². The van der Waals surface area contributed by atoms with Crippen molar-refractivity contribution in [1.82, 2.24) is 5.43 Å². The predicted octanol–water partition coefficient (Wildman–Crippen LogP) is 3.84. The number of ether oxygens (including phenoxy) is 1. The number of aryl methyl sites for hydroxylation is 1. The summed E-state index contributed by atoms with van der Waals surface area (Å²) in [7, 11) is 1.45. The summed E-state index contributed by atoms with van der Waals surface area (Å²) < 4.78 is 5.66. The molecular formula is C19H19ClIN3O4. The van der Waals surface area contributed by atoms with Gasteiger partial charge in [0.1, 0.15) is 0 Å². The van der Waals surface area contributed by atoms with E-state index in [2.05, 4.69) is 15.8 Å². The lowest BCUT2D eigenvalue weighted by molar-refractivity contribution is -0.124. The van der Waals surface area contributed by atoms with Crippen LogP contribution in [0.25, 0.3) is 0 Å². The molecule has 0 saturated heterocycles. The maximum absolute atomic E-state index is 11.9. The molecule has 148 valence electrons. The molecule has 0 bridgehead atoms. The van der Waals surface area contributed by atoms with E-state index in [0.717, 1.165) is 5.56 Å². The Morgan fingerprint density at radius 3 is 2.64 bits per heavy atom. The first-order chi connectivity index (χ1) is 13.3. The summed E-state index contributed by atoms with van der Waals surface area (Å²) >= 11 is 7.98. The van der Waals surface area contributed by atoms with E-state index in [1.54, 1.807) is 30.3 Å². The van der Waals surface area contributed by atoms with E-state index in [9.17, 15) is 14.7 Å². The van der Waals surface area contributed by atoms with Gasteiger partial charge in [-0.15, -0.1) is 0 Å². The SMILES string of the molecule is COc1cc(C=NNC(=O)CCC(=O)Nc2ccc(C)c(Cl)c2)cc(I)c1O. The molecule has 0 aliphatic heterocycles. The molecule has 3 N–H and O–H groups in total. The number of phenols is 1. The molecule has 9 heteroatoms. The van der Waals surface area contributed by atoms with Crippen molar-refractivity contribution >= 4 is 57.9 Å². The molecular weight excluding hydrogens is 497 g/mol. The highest BCUT2D eigenvalue weighted by Crippen LogP contribution is 2.31. The lowest BCUT2D eigenvalue weighted by Crippen LogP contribution is -2.20. The molecule has 0 fully saturated rings. The monoisotopic (exact) mass is 515 g/mol. The zero-order chi connectivity index (χ0) is 20.7. The number of amides is 2. The Morgan fingerprint density at radius 1 is 1.25 bits per heavy atom. The molecule has 0 heterocycles. The number of nitrogens with zero attached hydrogens (tertiary/aromatic N) is 1. The molecule has 0 atom stereocenters. The highest BCUT2D eigenvalue weighted by atomic mass is 127. The zero-order valence-corrected chi connectivity index (χ0v) is 18.2. The summed E-state index contributed by atoms with van der Waals surface area (Å²) in [5.41, 5.74) is 4.50. The Hall–Kier alpha value is -2.33. The van der Waals surface area contributed by atoms with Gasteiger partial charge in [0.15, 0.2) is 11.5 Å². The first-order valence-electron chi connectivity index (χ1n) is 8.24. The van der Waals surface area contributed by atoms with Crippen LogP contribution in [0.5, 0.6) is 11.5 Å². The van der Waals surface area contributed by atoms with Crippen molar-refractivity contribution in [2.24, 2.45) is 5.10 Å². The van der Waals surface area contributed by atoms with Crippen LogP contribution in [0.15, 0.2) is 35.4 Å². The van der Waals surface area contributed by atoms with Gasteiger partial charge in [-0.1, -0.05) is 17.7 Å². The minimum Gasteiger partial charge on any atom is -0.504 e. The van der Waals surface area contributed by atoms with Crippen molar-refractivity contribution in [2.45, 2.75) is 19.8 Å². The fraction of sp³-hybridized carbons (Fsp3) is 0.211. The molecule has 0 aromatic heterocycles. The third kappa shape index (κ3) is 6.38. The first kappa shape index (κ1) is 22.0. The second-order valence-corrected chi connectivity index (χ2v) is 7.43. The van der Waals surface area contributed by atoms with E-state index in [-0.39, 0.29) is 24.5 Å². The molecule has 0 saturated carbocycles. The van der Waals surface area contributed by atoms with Crippen LogP contribution in [0, 0.1) is 10.5 Å². The van der Waals surface area contributed by atoms with Gasteiger partial charge in [0, 0.05) is 23.6 Å². The Bertz CT molecular complexity index is 918. The number of benzene rings is 2. The molecule has 0 unspecified atom stereocenters. The van der Waals surface area contributed by atoms with Crippen molar-refractivity contribution in [3.05, 3.63) is 50.1 Å². The number of aromatic hydroxyl groups is 1. The van der Waals surface area contributed by atoms with Crippen LogP contribution >= 0.6 is 34.2 Å². The van der Waals surface area contributed by atoms with Gasteiger partial charge in [0.25, 0.3) is 0 Å². The van der Waals surface area contributed by atoms with Crippen LogP contribution in [0.3, 0.4) is 0 Å². The van der Waals surface area contributed by atoms with E-state index in [1.165, 1.54) is 13.3 Å². The summed E-state index contributed by atoms with van der Waals surface area (Å²) in [6.45, 7) is 1.87. The number of phenolic OH excluding ortho intramolecular Hbond substituents is 1. The van der Waals surface area contributed by atoms with E-state index < -0.39 is 5.91 Å². The molecule has 0 aliphatic rings. The number of carbonyl (C=O) groups excluding carboxylic acids is 2. The molecule has 2 amide bonds. The molecule has 2 aromatic rings. The number of carbonyl (C=O) groups is 2. The minimum absolute atomic E-state index is 0.0117. The van der Waals surface area contributed by atoms with E-state index >= 15 is 0 Å². The Balaban J connectivity index is 1.82. The van der Waals surface area contributed by atoms with Gasteiger partial charge in [0.2, 0.25) is 11.8 Å². The standard InChI is InChI=1S/C19H19ClIN3O4/c1-11-3-4-13(9-14(11)20)23-17(25)5-6-18(26)24-22-10-12-7-15(21)19(27)16(8-12)28-2/h3-4,7-10,27H,5-6H2,1-2H3,(H,23,25)(H,24,26). The molecule has 2 aromatic carbocycles. The summed E-state index contributed by atoms with van der Waals surface area (Å²) in [5, 5.41) is 16.9. The smallest absolute Gasteiger partial charge is 0.240 e. The summed E-state index contributed by atoms with van der Waals surface area (Å²) in [6, 6.07) is 8.49. The van der Waals surface area contributed by atoms with Gasteiger partial charge in [-0.05, 0) is 64.9 Å². The normalized spacial score (nSPS) is 10.7. The number of hydrogen-bond acceptors (Lipinski definition) is 5. The quantitative estimate of drug-likeness (QED) is 0.296. The lowest BCUT2D eigenvalue weighted by atomic mass is 10.2. The van der Waals surface area contributed by atoms with Crippen molar-refractivity contribution in [3.63, 3.8) is 0 Å². The fourth-order valence-corrected chi connectivity index (χ4v) is 2.99. The van der Waals surface area contributed by atoms with Crippen LogP contribution < -0.4 is 15.5 Å². The van der Waals surface area contributed by atoms with E-state index in [0.29, 0.717) is 25.6 Å². The van der Waals surface area contributed by atoms with Crippen LogP contribution in [0.2, 0.25) is 5.02 Å². The average molecular weight is 516 g/mol. The van der Waals surface area contributed by atoms with Crippen molar-refractivity contribution in [2.75, 3.05) is 12.4 Å². The maximum atomic E-state index is 11.9. The molecule has 28 heavy (non-hydrogen) atoms. The first-order valence-corrected chi connectivity index (χ1v) is 9.70. The number of methoxy groups -OCH3 is 1. The van der Waals surface area contributed by atoms with E-state index in [1.807, 2.05) is 29.5 Å². The fourth-order valence-electron chi connectivity index (χ4n) is 2.18. The van der Waals surface area contributed by atoms with Crippen molar-refractivity contribution in [3.8, 4) is 11.5 Å². The molecule has 7 nitrogen and oxygen atoms in total. The molecule has 0 spiro atoms. The number of nitrogens with one attached hydrogen (secondary N) is 2. The minimum atomic E-state index is -0.395. The van der Waals surface area contributed by atoms with Crippen LogP contribution in [0.1, 0.15) is 24.0 Å². The Kier molecular flexibility index (Phi) is 8.06. The third-order valence-corrected chi connectivity index (χ3v) is 4.94. The average Bonchev–Trinajstić information content (AvgIpc) is 2.65. The summed E-state index contributed by atoms with van der Waals surface area (Å²) in [4.78, 5) is 23.8. The van der Waals surface area contributed by atoms with E-state index in [4.69, 9.17) is 16.3 Å². The number of hydrogen-bond donors (Lipinski definition) is 3. The molecule has 2 rings (SSSR count). The van der Waals surface area contributed by atoms with Crippen molar-refractivity contribution < 1.29 is 19.4 Å². The summed E-state index contributed by atoms with van der Waals surface area (Å²) in [5.74, 6) is -0.330. The Morgan fingerprint density at radius 2 is 1.96 bits per heavy atom. The third-order valence-electron chi connectivity index (χ3n) is 3.71. The maximum Gasteiger partial charge on any atom is 0.240 e.